The largest absolute Gasteiger partial charge is 0.385 e. The summed E-state index contributed by atoms with van der Waals surface area (Å²) in [6.45, 7) is 4.22. The van der Waals surface area contributed by atoms with Crippen molar-refractivity contribution >= 4 is 5.69 Å². The van der Waals surface area contributed by atoms with E-state index >= 15 is 0 Å². The number of nitrogens with one attached hydrogen (secondary N) is 2. The van der Waals surface area contributed by atoms with Crippen molar-refractivity contribution in [3.63, 3.8) is 0 Å². The van der Waals surface area contributed by atoms with Crippen molar-refractivity contribution in [2.75, 3.05) is 11.9 Å². The molecule has 1 unspecified atom stereocenters. The van der Waals surface area contributed by atoms with Gasteiger partial charge in [-0.05, 0) is 36.5 Å². The number of hydrogen-bond acceptors (Lipinski definition) is 2. The van der Waals surface area contributed by atoms with Crippen molar-refractivity contribution < 1.29 is 0 Å². The molecule has 104 valence electrons. The third-order valence-electron chi connectivity index (χ3n) is 4.06. The van der Waals surface area contributed by atoms with Crippen LogP contribution in [0.25, 0.3) is 0 Å². The second kappa shape index (κ2) is 6.10. The Hall–Kier alpha value is -1.80. The second-order valence-electron chi connectivity index (χ2n) is 5.49. The van der Waals surface area contributed by atoms with Crippen LogP contribution in [0.3, 0.4) is 0 Å². The SMILES string of the molecule is CC(NCc1cccc2c1NCCC2)c1ccccc1. The number of rotatable bonds is 4. The molecule has 0 radical (unpaired) electrons. The fraction of sp³-hybridized carbons (Fsp3) is 0.333. The van der Waals surface area contributed by atoms with Crippen molar-refractivity contribution in [2.45, 2.75) is 32.4 Å². The summed E-state index contributed by atoms with van der Waals surface area (Å²) < 4.78 is 0. The third kappa shape index (κ3) is 2.86. The highest BCUT2D eigenvalue weighted by Gasteiger charge is 2.12. The average molecular weight is 266 g/mol. The lowest BCUT2D eigenvalue weighted by Crippen LogP contribution is -2.21. The smallest absolute Gasteiger partial charge is 0.0418 e. The molecule has 1 heterocycles. The number of para-hydroxylation sites is 1. The summed E-state index contributed by atoms with van der Waals surface area (Å²) in [5, 5.41) is 7.18. The normalized spacial score (nSPS) is 15.2. The molecule has 2 N–H and O–H groups in total. The molecule has 1 atom stereocenters. The van der Waals surface area contributed by atoms with Gasteiger partial charge < -0.3 is 10.6 Å². The van der Waals surface area contributed by atoms with E-state index < -0.39 is 0 Å². The minimum atomic E-state index is 0.371. The first-order valence-corrected chi connectivity index (χ1v) is 7.47. The van der Waals surface area contributed by atoms with Crippen LogP contribution in [0.15, 0.2) is 48.5 Å². The number of aryl methyl sites for hydroxylation is 1. The van der Waals surface area contributed by atoms with Crippen LogP contribution in [-0.4, -0.2) is 6.54 Å². The van der Waals surface area contributed by atoms with Crippen LogP contribution < -0.4 is 10.6 Å². The van der Waals surface area contributed by atoms with E-state index in [-0.39, 0.29) is 0 Å². The Labute approximate surface area is 121 Å². The van der Waals surface area contributed by atoms with Gasteiger partial charge in [-0.1, -0.05) is 48.5 Å². The molecule has 0 spiro atoms. The van der Waals surface area contributed by atoms with Crippen LogP contribution in [-0.2, 0) is 13.0 Å². The standard InChI is InChI=1S/C18H22N2/c1-14(15-7-3-2-4-8-15)20-13-17-10-5-9-16-11-6-12-19-18(16)17/h2-5,7-10,14,19-20H,6,11-13H2,1H3. The third-order valence-corrected chi connectivity index (χ3v) is 4.06. The summed E-state index contributed by atoms with van der Waals surface area (Å²) in [4.78, 5) is 0. The van der Waals surface area contributed by atoms with Crippen molar-refractivity contribution in [1.82, 2.24) is 5.32 Å². The van der Waals surface area contributed by atoms with E-state index in [9.17, 15) is 0 Å². The zero-order valence-corrected chi connectivity index (χ0v) is 12.0. The maximum atomic E-state index is 3.63. The lowest BCUT2D eigenvalue weighted by atomic mass is 9.99. The van der Waals surface area contributed by atoms with E-state index in [4.69, 9.17) is 0 Å². The lowest BCUT2D eigenvalue weighted by Gasteiger charge is -2.22. The fourth-order valence-corrected chi connectivity index (χ4v) is 2.85. The lowest BCUT2D eigenvalue weighted by molar-refractivity contribution is 0.574. The maximum absolute atomic E-state index is 3.63. The van der Waals surface area contributed by atoms with Gasteiger partial charge >= 0.3 is 0 Å². The molecule has 2 aromatic rings. The van der Waals surface area contributed by atoms with Crippen LogP contribution >= 0.6 is 0 Å². The highest BCUT2D eigenvalue weighted by molar-refractivity contribution is 5.59. The van der Waals surface area contributed by atoms with E-state index in [1.807, 2.05) is 0 Å². The van der Waals surface area contributed by atoms with Crippen LogP contribution in [0.2, 0.25) is 0 Å². The molecular weight excluding hydrogens is 244 g/mol. The fourth-order valence-electron chi connectivity index (χ4n) is 2.85. The van der Waals surface area contributed by atoms with Crippen LogP contribution in [0.5, 0.6) is 0 Å². The molecule has 0 amide bonds. The van der Waals surface area contributed by atoms with Crippen LogP contribution in [0.1, 0.15) is 36.1 Å². The zero-order valence-electron chi connectivity index (χ0n) is 12.0. The molecule has 1 aliphatic heterocycles. The Bertz CT molecular complexity index is 563. The summed E-state index contributed by atoms with van der Waals surface area (Å²) in [7, 11) is 0. The molecule has 0 fully saturated rings. The Balaban J connectivity index is 1.70. The maximum Gasteiger partial charge on any atom is 0.0418 e. The van der Waals surface area contributed by atoms with E-state index in [0.29, 0.717) is 6.04 Å². The Kier molecular flexibility index (Phi) is 4.03. The first-order valence-electron chi connectivity index (χ1n) is 7.47. The van der Waals surface area contributed by atoms with E-state index in [0.717, 1.165) is 13.1 Å². The van der Waals surface area contributed by atoms with Gasteiger partial charge in [0.15, 0.2) is 0 Å². The molecule has 0 bridgehead atoms. The topological polar surface area (TPSA) is 24.1 Å². The van der Waals surface area contributed by atoms with Crippen LogP contribution in [0.4, 0.5) is 5.69 Å². The minimum Gasteiger partial charge on any atom is -0.385 e. The van der Waals surface area contributed by atoms with Gasteiger partial charge in [0.2, 0.25) is 0 Å². The summed E-state index contributed by atoms with van der Waals surface area (Å²) in [5.41, 5.74) is 5.53. The molecule has 20 heavy (non-hydrogen) atoms. The van der Waals surface area contributed by atoms with E-state index in [2.05, 4.69) is 66.1 Å². The van der Waals surface area contributed by atoms with Gasteiger partial charge in [0.05, 0.1) is 0 Å². The monoisotopic (exact) mass is 266 g/mol. The zero-order chi connectivity index (χ0) is 13.8. The molecule has 0 aliphatic carbocycles. The first kappa shape index (κ1) is 13.2. The first-order chi connectivity index (χ1) is 9.84. The van der Waals surface area contributed by atoms with Gasteiger partial charge in [-0.2, -0.15) is 0 Å². The molecule has 0 saturated heterocycles. The second-order valence-corrected chi connectivity index (χ2v) is 5.49. The molecule has 0 saturated carbocycles. The molecule has 1 aliphatic rings. The summed E-state index contributed by atoms with van der Waals surface area (Å²) in [5.74, 6) is 0. The van der Waals surface area contributed by atoms with Gasteiger partial charge in [-0.15, -0.1) is 0 Å². The number of benzene rings is 2. The van der Waals surface area contributed by atoms with Crippen molar-refractivity contribution in [1.29, 1.82) is 0 Å². The molecule has 2 aromatic carbocycles. The summed E-state index contributed by atoms with van der Waals surface area (Å²) >= 11 is 0. The van der Waals surface area contributed by atoms with Gasteiger partial charge in [-0.3, -0.25) is 0 Å². The molecule has 0 aromatic heterocycles. The van der Waals surface area contributed by atoms with Crippen molar-refractivity contribution in [3.8, 4) is 0 Å². The van der Waals surface area contributed by atoms with Crippen molar-refractivity contribution in [2.24, 2.45) is 0 Å². The summed E-state index contributed by atoms with van der Waals surface area (Å²) in [6.07, 6.45) is 2.44. The quantitative estimate of drug-likeness (QED) is 0.877. The Morgan fingerprint density at radius 1 is 1.10 bits per heavy atom. The Morgan fingerprint density at radius 3 is 2.80 bits per heavy atom. The minimum absolute atomic E-state index is 0.371. The highest BCUT2D eigenvalue weighted by atomic mass is 14.9. The Morgan fingerprint density at radius 2 is 1.95 bits per heavy atom. The highest BCUT2D eigenvalue weighted by Crippen LogP contribution is 2.26. The van der Waals surface area contributed by atoms with Gasteiger partial charge in [0.25, 0.3) is 0 Å². The van der Waals surface area contributed by atoms with Crippen LogP contribution in [0, 0.1) is 0 Å². The van der Waals surface area contributed by atoms with Gasteiger partial charge in [0.1, 0.15) is 0 Å². The molecule has 2 heteroatoms. The van der Waals surface area contributed by atoms with Gasteiger partial charge in [-0.25, -0.2) is 0 Å². The van der Waals surface area contributed by atoms with Gasteiger partial charge in [0, 0.05) is 24.8 Å². The average Bonchev–Trinajstić information content (AvgIpc) is 2.53. The molecule has 2 nitrogen and oxygen atoms in total. The predicted molar refractivity (Wildman–Crippen MR) is 84.9 cm³/mol. The number of anilines is 1. The predicted octanol–water partition coefficient (Wildman–Crippen LogP) is 3.90. The molecular formula is C18H22N2. The van der Waals surface area contributed by atoms with E-state index in [1.165, 1.54) is 35.2 Å². The number of hydrogen-bond donors (Lipinski definition) is 2. The number of fused-ring (bicyclic) bond motifs is 1. The molecule has 3 rings (SSSR count). The van der Waals surface area contributed by atoms with E-state index in [1.54, 1.807) is 0 Å². The summed E-state index contributed by atoms with van der Waals surface area (Å²) in [6, 6.07) is 17.6. The van der Waals surface area contributed by atoms with Crippen molar-refractivity contribution in [3.05, 3.63) is 65.2 Å².